The predicted molar refractivity (Wildman–Crippen MR) is 152 cm³/mol. The molecule has 2 aromatic heterocycles. The third kappa shape index (κ3) is 5.57. The molecule has 1 aromatic carbocycles. The van der Waals surface area contributed by atoms with Crippen molar-refractivity contribution >= 4 is 27.5 Å². The number of anilines is 1. The molecule has 3 aromatic rings. The molecule has 0 saturated carbocycles. The Bertz CT molecular complexity index is 1620. The molecule has 2 atom stereocenters. The average Bonchev–Trinajstić information content (AvgIpc) is 3.60. The number of benzene rings is 1. The van der Waals surface area contributed by atoms with Gasteiger partial charge in [-0.3, -0.25) is 4.99 Å². The highest BCUT2D eigenvalue weighted by Crippen LogP contribution is 2.35. The standard InChI is InChI=1S/C28H29FN8O2S/c1-40(38,39)16-14-31-28-30-13-12-22(34-28)21-7-3-8-23(33-21)25-18-32-26-10-11-27(35-37(25)26)36-15-4-9-24(36)19-5-2-6-20(29)17-19/h2-3,5-8,10-13,17,24-25H,4,9,14-16,18H2,1H3,(H,30,31,34)/t24-,25?/m1/s1. The van der Waals surface area contributed by atoms with E-state index in [-0.39, 0.29) is 30.2 Å². The summed E-state index contributed by atoms with van der Waals surface area (Å²) in [6.07, 6.45) is 8.72. The fourth-order valence-electron chi connectivity index (χ4n) is 5.22. The van der Waals surface area contributed by atoms with Crippen LogP contribution >= 0.6 is 0 Å². The third-order valence-electron chi connectivity index (χ3n) is 7.11. The Labute approximate surface area is 232 Å². The first kappa shape index (κ1) is 26.1. The summed E-state index contributed by atoms with van der Waals surface area (Å²) in [7, 11) is -3.09. The average molecular weight is 561 g/mol. The van der Waals surface area contributed by atoms with E-state index in [0.29, 0.717) is 23.9 Å². The number of hydrogen-bond donors (Lipinski definition) is 1. The van der Waals surface area contributed by atoms with E-state index in [9.17, 15) is 12.8 Å². The number of halogens is 1. The van der Waals surface area contributed by atoms with Crippen LogP contribution in [-0.4, -0.2) is 76.6 Å². The van der Waals surface area contributed by atoms with Crippen molar-refractivity contribution in [3.05, 3.63) is 84.0 Å². The maximum atomic E-state index is 14.0. The van der Waals surface area contributed by atoms with E-state index in [0.717, 1.165) is 42.3 Å². The largest absolute Gasteiger partial charge is 0.353 e. The van der Waals surface area contributed by atoms with Crippen molar-refractivity contribution in [2.75, 3.05) is 37.0 Å². The van der Waals surface area contributed by atoms with Gasteiger partial charge < -0.3 is 10.2 Å². The molecule has 10 nitrogen and oxygen atoms in total. The number of nitrogens with zero attached hydrogens (tertiary/aromatic N) is 7. The quantitative estimate of drug-likeness (QED) is 0.466. The molecule has 12 heteroatoms. The van der Waals surface area contributed by atoms with Gasteiger partial charge in [0.2, 0.25) is 5.95 Å². The lowest BCUT2D eigenvalue weighted by Gasteiger charge is -2.31. The van der Waals surface area contributed by atoms with Crippen LogP contribution in [0.5, 0.6) is 0 Å². The molecule has 0 spiro atoms. The second-order valence-electron chi connectivity index (χ2n) is 10.0. The molecule has 0 radical (unpaired) electrons. The minimum absolute atomic E-state index is 0.00840. The predicted octanol–water partition coefficient (Wildman–Crippen LogP) is 3.61. The summed E-state index contributed by atoms with van der Waals surface area (Å²) in [6.45, 7) is 1.58. The number of likely N-dealkylation sites (tertiary alicyclic amines) is 1. The molecule has 0 amide bonds. The van der Waals surface area contributed by atoms with Crippen LogP contribution in [0.2, 0.25) is 0 Å². The van der Waals surface area contributed by atoms with Crippen LogP contribution in [-0.2, 0) is 9.84 Å². The molecule has 1 saturated heterocycles. The van der Waals surface area contributed by atoms with Crippen LogP contribution in [0.4, 0.5) is 10.3 Å². The number of aromatic nitrogens is 3. The number of pyridine rings is 1. The zero-order chi connectivity index (χ0) is 27.7. The van der Waals surface area contributed by atoms with Gasteiger partial charge in [-0.05, 0) is 60.9 Å². The van der Waals surface area contributed by atoms with Gasteiger partial charge in [-0.1, -0.05) is 18.2 Å². The monoisotopic (exact) mass is 560 g/mol. The summed E-state index contributed by atoms with van der Waals surface area (Å²) >= 11 is 0. The Hall–Kier alpha value is -4.19. The van der Waals surface area contributed by atoms with Crippen LogP contribution in [0.3, 0.4) is 0 Å². The van der Waals surface area contributed by atoms with Gasteiger partial charge in [-0.15, -0.1) is 0 Å². The minimum Gasteiger partial charge on any atom is -0.353 e. The summed E-state index contributed by atoms with van der Waals surface area (Å²) in [5.74, 6) is 1.71. The molecule has 5 heterocycles. The summed E-state index contributed by atoms with van der Waals surface area (Å²) in [5, 5.41) is 9.87. The van der Waals surface area contributed by atoms with Crippen molar-refractivity contribution in [1.29, 1.82) is 0 Å². The van der Waals surface area contributed by atoms with Gasteiger partial charge in [0.25, 0.3) is 0 Å². The number of rotatable bonds is 7. The highest BCUT2D eigenvalue weighted by Gasteiger charge is 2.35. The molecule has 40 heavy (non-hydrogen) atoms. The van der Waals surface area contributed by atoms with Crippen molar-refractivity contribution < 1.29 is 12.8 Å². The molecule has 3 aliphatic rings. The molecule has 1 N–H and O–H groups in total. The van der Waals surface area contributed by atoms with Crippen molar-refractivity contribution in [3.63, 3.8) is 0 Å². The van der Waals surface area contributed by atoms with Crippen molar-refractivity contribution in [3.8, 4) is 11.4 Å². The smallest absolute Gasteiger partial charge is 0.223 e. The van der Waals surface area contributed by atoms with Gasteiger partial charge in [0.05, 0.1) is 35.4 Å². The molecule has 1 fully saturated rings. The normalized spacial score (nSPS) is 20.4. The second-order valence-corrected chi connectivity index (χ2v) is 12.3. The maximum absolute atomic E-state index is 14.0. The zero-order valence-corrected chi connectivity index (χ0v) is 22.8. The van der Waals surface area contributed by atoms with Gasteiger partial charge in [0, 0.05) is 25.5 Å². The fourth-order valence-corrected chi connectivity index (χ4v) is 5.69. The molecule has 0 bridgehead atoms. The molecule has 6 rings (SSSR count). The van der Waals surface area contributed by atoms with Gasteiger partial charge in [-0.2, -0.15) is 5.10 Å². The fraction of sp³-hybridized carbons (Fsp3) is 0.321. The lowest BCUT2D eigenvalue weighted by atomic mass is 10.0. The SMILES string of the molecule is CS(=O)(=O)CCNc1nccc(-c2cccc(C3CN=C4C=CC(N5CCC[C@@H]5c5cccc(F)c5)=NN43)n2)n1. The third-order valence-corrected chi connectivity index (χ3v) is 8.06. The first-order chi connectivity index (χ1) is 19.3. The van der Waals surface area contributed by atoms with Crippen molar-refractivity contribution in [2.24, 2.45) is 10.1 Å². The number of nitrogens with one attached hydrogen (secondary N) is 1. The van der Waals surface area contributed by atoms with Crippen LogP contribution < -0.4 is 5.32 Å². The highest BCUT2D eigenvalue weighted by atomic mass is 32.2. The van der Waals surface area contributed by atoms with Crippen molar-refractivity contribution in [1.82, 2.24) is 24.9 Å². The maximum Gasteiger partial charge on any atom is 0.223 e. The van der Waals surface area contributed by atoms with Crippen molar-refractivity contribution in [2.45, 2.75) is 24.9 Å². The number of hydrazone groups is 1. The second kappa shape index (κ2) is 10.8. The zero-order valence-electron chi connectivity index (χ0n) is 22.0. The van der Waals surface area contributed by atoms with Gasteiger partial charge >= 0.3 is 0 Å². The van der Waals surface area contributed by atoms with Gasteiger partial charge in [-0.25, -0.2) is 32.8 Å². The molecule has 0 aliphatic carbocycles. The molecule has 3 aliphatic heterocycles. The number of fused-ring (bicyclic) bond motifs is 1. The molecular weight excluding hydrogens is 531 g/mol. The number of amidine groups is 2. The lowest BCUT2D eigenvalue weighted by Crippen LogP contribution is -2.36. The van der Waals surface area contributed by atoms with Crippen LogP contribution in [0.1, 0.15) is 36.2 Å². The molecule has 206 valence electrons. The topological polar surface area (TPSA) is 116 Å². The van der Waals surface area contributed by atoms with E-state index in [4.69, 9.17) is 15.1 Å². The van der Waals surface area contributed by atoms with Gasteiger partial charge in [0.1, 0.15) is 33.4 Å². The summed E-state index contributed by atoms with van der Waals surface area (Å²) in [5.41, 5.74) is 3.05. The van der Waals surface area contributed by atoms with E-state index in [1.807, 2.05) is 41.4 Å². The first-order valence-corrected chi connectivity index (χ1v) is 15.2. The van der Waals surface area contributed by atoms with E-state index < -0.39 is 9.84 Å². The van der Waals surface area contributed by atoms with E-state index in [1.165, 1.54) is 12.3 Å². The summed E-state index contributed by atoms with van der Waals surface area (Å²) in [4.78, 5) is 20.5. The van der Waals surface area contributed by atoms with Crippen LogP contribution in [0.15, 0.2) is 77.0 Å². The Kier molecular flexibility index (Phi) is 7.01. The number of hydrogen-bond acceptors (Lipinski definition) is 10. The van der Waals surface area contributed by atoms with E-state index >= 15 is 0 Å². The van der Waals surface area contributed by atoms with E-state index in [1.54, 1.807) is 24.4 Å². The number of sulfone groups is 1. The lowest BCUT2D eigenvalue weighted by molar-refractivity contribution is 0.337. The van der Waals surface area contributed by atoms with Crippen LogP contribution in [0, 0.1) is 5.82 Å². The Morgan fingerprint density at radius 2 is 1.85 bits per heavy atom. The van der Waals surface area contributed by atoms with Gasteiger partial charge in [0.15, 0.2) is 0 Å². The minimum atomic E-state index is -3.09. The Morgan fingerprint density at radius 1 is 1.02 bits per heavy atom. The Morgan fingerprint density at radius 3 is 2.70 bits per heavy atom. The van der Waals surface area contributed by atoms with E-state index in [2.05, 4.69) is 20.2 Å². The summed E-state index contributed by atoms with van der Waals surface area (Å²) < 4.78 is 36.8. The molecular formula is C28H29FN8O2S. The summed E-state index contributed by atoms with van der Waals surface area (Å²) in [6, 6.07) is 14.2. The molecule has 1 unspecified atom stereocenters. The Balaban J connectivity index is 1.22. The number of aliphatic imine (C=N–C) groups is 1. The first-order valence-electron chi connectivity index (χ1n) is 13.2. The highest BCUT2D eigenvalue weighted by molar-refractivity contribution is 7.90. The van der Waals surface area contributed by atoms with Crippen LogP contribution in [0.25, 0.3) is 11.4 Å².